The SMILES string of the molecule is COc1cc(C)cc([C@H](N)CN)c1O. The van der Waals surface area contributed by atoms with Gasteiger partial charge in [-0.15, -0.1) is 0 Å². The zero-order valence-electron chi connectivity index (χ0n) is 8.45. The van der Waals surface area contributed by atoms with Gasteiger partial charge < -0.3 is 21.3 Å². The fraction of sp³-hybridized carbons (Fsp3) is 0.400. The van der Waals surface area contributed by atoms with Crippen LogP contribution in [0.25, 0.3) is 0 Å². The minimum absolute atomic E-state index is 0.0797. The molecule has 78 valence electrons. The van der Waals surface area contributed by atoms with Crippen molar-refractivity contribution in [3.63, 3.8) is 0 Å². The Bertz CT molecular complexity index is 326. The highest BCUT2D eigenvalue weighted by molar-refractivity contribution is 5.49. The lowest BCUT2D eigenvalue weighted by Crippen LogP contribution is -2.21. The number of hydrogen-bond acceptors (Lipinski definition) is 4. The van der Waals surface area contributed by atoms with E-state index in [-0.39, 0.29) is 11.8 Å². The highest BCUT2D eigenvalue weighted by atomic mass is 16.5. The van der Waals surface area contributed by atoms with Gasteiger partial charge in [-0.2, -0.15) is 0 Å². The summed E-state index contributed by atoms with van der Waals surface area (Å²) < 4.78 is 5.01. The number of ether oxygens (including phenoxy) is 1. The van der Waals surface area contributed by atoms with E-state index in [2.05, 4.69) is 0 Å². The van der Waals surface area contributed by atoms with Gasteiger partial charge in [-0.05, 0) is 18.6 Å². The quantitative estimate of drug-likeness (QED) is 0.663. The van der Waals surface area contributed by atoms with Gasteiger partial charge in [-0.1, -0.05) is 6.07 Å². The summed E-state index contributed by atoms with van der Waals surface area (Å²) in [5.74, 6) is 0.514. The minimum atomic E-state index is -0.358. The second-order valence-corrected chi connectivity index (χ2v) is 3.25. The molecule has 14 heavy (non-hydrogen) atoms. The molecular formula is C10H16N2O2. The normalized spacial score (nSPS) is 12.6. The standard InChI is InChI=1S/C10H16N2O2/c1-6-3-7(8(12)5-11)10(13)9(4-6)14-2/h3-4,8,13H,5,11-12H2,1-2H3/t8-/m1/s1. The van der Waals surface area contributed by atoms with Crippen LogP contribution in [-0.2, 0) is 0 Å². The lowest BCUT2D eigenvalue weighted by atomic mass is 10.0. The fourth-order valence-electron chi connectivity index (χ4n) is 1.34. The second-order valence-electron chi connectivity index (χ2n) is 3.25. The molecule has 0 radical (unpaired) electrons. The van der Waals surface area contributed by atoms with Crippen molar-refractivity contribution in [3.8, 4) is 11.5 Å². The highest BCUT2D eigenvalue weighted by Gasteiger charge is 2.14. The van der Waals surface area contributed by atoms with Gasteiger partial charge in [0.05, 0.1) is 7.11 Å². The number of methoxy groups -OCH3 is 1. The molecule has 0 saturated carbocycles. The molecule has 0 aliphatic heterocycles. The van der Waals surface area contributed by atoms with Crippen molar-refractivity contribution in [2.24, 2.45) is 11.5 Å². The van der Waals surface area contributed by atoms with Crippen LogP contribution in [0.3, 0.4) is 0 Å². The Morgan fingerprint density at radius 1 is 1.50 bits per heavy atom. The van der Waals surface area contributed by atoms with Gasteiger partial charge in [0, 0.05) is 18.2 Å². The van der Waals surface area contributed by atoms with E-state index in [4.69, 9.17) is 16.2 Å². The summed E-state index contributed by atoms with van der Waals surface area (Å²) in [5.41, 5.74) is 12.8. The summed E-state index contributed by atoms with van der Waals surface area (Å²) >= 11 is 0. The largest absolute Gasteiger partial charge is 0.504 e. The maximum absolute atomic E-state index is 9.75. The van der Waals surface area contributed by atoms with Crippen molar-refractivity contribution < 1.29 is 9.84 Å². The van der Waals surface area contributed by atoms with E-state index in [0.717, 1.165) is 5.56 Å². The predicted octanol–water partition coefficient (Wildman–Crippen LogP) is 0.668. The number of aromatic hydroxyl groups is 1. The molecule has 0 bridgehead atoms. The molecule has 5 N–H and O–H groups in total. The van der Waals surface area contributed by atoms with E-state index < -0.39 is 0 Å². The fourth-order valence-corrected chi connectivity index (χ4v) is 1.34. The smallest absolute Gasteiger partial charge is 0.162 e. The summed E-state index contributed by atoms with van der Waals surface area (Å²) in [6, 6.07) is 3.21. The molecule has 0 spiro atoms. The van der Waals surface area contributed by atoms with Crippen LogP contribution in [0.15, 0.2) is 12.1 Å². The van der Waals surface area contributed by atoms with Crippen LogP contribution in [0.5, 0.6) is 11.5 Å². The topological polar surface area (TPSA) is 81.5 Å². The molecule has 0 amide bonds. The number of nitrogens with two attached hydrogens (primary N) is 2. The molecule has 1 atom stereocenters. The Balaban J connectivity index is 3.21. The molecule has 1 rings (SSSR count). The van der Waals surface area contributed by atoms with Crippen molar-refractivity contribution in [3.05, 3.63) is 23.3 Å². The lowest BCUT2D eigenvalue weighted by Gasteiger charge is -2.14. The molecule has 1 aromatic carbocycles. The van der Waals surface area contributed by atoms with Gasteiger partial charge in [0.15, 0.2) is 11.5 Å². The molecule has 0 aromatic heterocycles. The van der Waals surface area contributed by atoms with Gasteiger partial charge >= 0.3 is 0 Å². The highest BCUT2D eigenvalue weighted by Crippen LogP contribution is 2.33. The zero-order valence-corrected chi connectivity index (χ0v) is 8.45. The molecule has 0 unspecified atom stereocenters. The Hall–Kier alpha value is -1.26. The van der Waals surface area contributed by atoms with E-state index in [1.54, 1.807) is 6.07 Å². The average molecular weight is 196 g/mol. The molecule has 0 fully saturated rings. The number of phenolic OH excluding ortho intramolecular Hbond substituents is 1. The minimum Gasteiger partial charge on any atom is -0.504 e. The second kappa shape index (κ2) is 4.30. The van der Waals surface area contributed by atoms with Crippen molar-refractivity contribution in [2.75, 3.05) is 13.7 Å². The van der Waals surface area contributed by atoms with Crippen molar-refractivity contribution >= 4 is 0 Å². The number of benzene rings is 1. The van der Waals surface area contributed by atoms with Gasteiger partial charge in [-0.3, -0.25) is 0 Å². The first-order chi connectivity index (χ1) is 6.60. The van der Waals surface area contributed by atoms with Gasteiger partial charge in [0.2, 0.25) is 0 Å². The summed E-state index contributed by atoms with van der Waals surface area (Å²) in [7, 11) is 1.51. The molecule has 0 aliphatic carbocycles. The zero-order chi connectivity index (χ0) is 10.7. The maximum atomic E-state index is 9.75. The molecule has 4 nitrogen and oxygen atoms in total. The predicted molar refractivity (Wildman–Crippen MR) is 55.4 cm³/mol. The summed E-state index contributed by atoms with van der Waals surface area (Å²) in [5, 5.41) is 9.75. The van der Waals surface area contributed by atoms with Crippen LogP contribution >= 0.6 is 0 Å². The Morgan fingerprint density at radius 3 is 2.64 bits per heavy atom. The first-order valence-corrected chi connectivity index (χ1v) is 4.43. The molecule has 0 heterocycles. The first kappa shape index (κ1) is 10.8. The first-order valence-electron chi connectivity index (χ1n) is 4.43. The molecular weight excluding hydrogens is 180 g/mol. The molecule has 0 saturated heterocycles. The van der Waals surface area contributed by atoms with E-state index >= 15 is 0 Å². The third kappa shape index (κ3) is 1.97. The summed E-state index contributed by atoms with van der Waals surface area (Å²) in [6.45, 7) is 2.20. The van der Waals surface area contributed by atoms with Crippen LogP contribution in [0.4, 0.5) is 0 Å². The lowest BCUT2D eigenvalue weighted by molar-refractivity contribution is 0.368. The van der Waals surface area contributed by atoms with E-state index in [0.29, 0.717) is 17.9 Å². The Labute approximate surface area is 83.5 Å². The van der Waals surface area contributed by atoms with Gasteiger partial charge in [-0.25, -0.2) is 0 Å². The van der Waals surface area contributed by atoms with E-state index in [1.165, 1.54) is 7.11 Å². The molecule has 0 aliphatic rings. The summed E-state index contributed by atoms with van der Waals surface area (Å²) in [4.78, 5) is 0. The van der Waals surface area contributed by atoms with Gasteiger partial charge in [0.1, 0.15) is 0 Å². The monoisotopic (exact) mass is 196 g/mol. The van der Waals surface area contributed by atoms with Gasteiger partial charge in [0.25, 0.3) is 0 Å². The Kier molecular flexibility index (Phi) is 3.33. The van der Waals surface area contributed by atoms with Crippen molar-refractivity contribution in [1.82, 2.24) is 0 Å². The van der Waals surface area contributed by atoms with E-state index in [9.17, 15) is 5.11 Å². The number of rotatable bonds is 3. The number of aryl methyl sites for hydroxylation is 1. The average Bonchev–Trinajstić information content (AvgIpc) is 2.19. The number of hydrogen-bond donors (Lipinski definition) is 3. The van der Waals surface area contributed by atoms with Crippen LogP contribution in [-0.4, -0.2) is 18.8 Å². The maximum Gasteiger partial charge on any atom is 0.162 e. The summed E-state index contributed by atoms with van der Waals surface area (Å²) in [6.07, 6.45) is 0. The Morgan fingerprint density at radius 2 is 2.14 bits per heavy atom. The van der Waals surface area contributed by atoms with Crippen LogP contribution in [0.1, 0.15) is 17.2 Å². The van der Waals surface area contributed by atoms with Crippen LogP contribution < -0.4 is 16.2 Å². The van der Waals surface area contributed by atoms with Crippen molar-refractivity contribution in [2.45, 2.75) is 13.0 Å². The molecule has 1 aromatic rings. The molecule has 4 heteroatoms. The third-order valence-electron chi connectivity index (χ3n) is 2.12. The third-order valence-corrected chi connectivity index (χ3v) is 2.12. The van der Waals surface area contributed by atoms with Crippen molar-refractivity contribution in [1.29, 1.82) is 0 Å². The number of phenols is 1. The van der Waals surface area contributed by atoms with Crippen LogP contribution in [0, 0.1) is 6.92 Å². The van der Waals surface area contributed by atoms with Crippen LogP contribution in [0.2, 0.25) is 0 Å². The van der Waals surface area contributed by atoms with E-state index in [1.807, 2.05) is 13.0 Å².